The molecule has 0 saturated carbocycles. The minimum absolute atomic E-state index is 0.128. The lowest BCUT2D eigenvalue weighted by atomic mass is 9.92. The zero-order chi connectivity index (χ0) is 43.7. The molecule has 2 fully saturated rings. The number of benzene rings is 3. The summed E-state index contributed by atoms with van der Waals surface area (Å²) in [6.07, 6.45) is 10.7. The highest BCUT2D eigenvalue weighted by Gasteiger charge is 2.39. The third-order valence-corrected chi connectivity index (χ3v) is 12.0. The van der Waals surface area contributed by atoms with E-state index in [9.17, 15) is 19.2 Å². The molecule has 3 aromatic carbocycles. The van der Waals surface area contributed by atoms with Gasteiger partial charge in [-0.15, -0.1) is 0 Å². The summed E-state index contributed by atoms with van der Waals surface area (Å²) in [5.41, 5.74) is 6.93. The molecule has 2 saturated heterocycles. The fraction of sp³-hybridized carbons (Fsp3) is 0.362. The molecule has 5 heterocycles. The third kappa shape index (κ3) is 8.02. The van der Waals surface area contributed by atoms with Crippen LogP contribution in [0.15, 0.2) is 85.1 Å². The fourth-order valence-corrected chi connectivity index (χ4v) is 8.83. The van der Waals surface area contributed by atoms with E-state index in [4.69, 9.17) is 24.2 Å². The van der Waals surface area contributed by atoms with Crippen molar-refractivity contribution in [3.63, 3.8) is 0 Å². The normalized spacial score (nSPS) is 18.2. The van der Waals surface area contributed by atoms with E-state index in [2.05, 4.69) is 63.6 Å². The van der Waals surface area contributed by atoms with Gasteiger partial charge in [-0.25, -0.2) is 19.6 Å². The molecular weight excluding hydrogens is 789 g/mol. The number of allylic oxidation sites excluding steroid dienone is 3. The summed E-state index contributed by atoms with van der Waals surface area (Å²) in [5.74, 6) is 1.57. The van der Waals surface area contributed by atoms with Crippen molar-refractivity contribution in [3.05, 3.63) is 102 Å². The summed E-state index contributed by atoms with van der Waals surface area (Å²) >= 11 is 0. The number of likely N-dealkylation sites (tertiary alicyclic amines) is 2. The maximum absolute atomic E-state index is 14.0. The van der Waals surface area contributed by atoms with Crippen molar-refractivity contribution in [3.8, 4) is 28.1 Å². The van der Waals surface area contributed by atoms with Crippen LogP contribution >= 0.6 is 0 Å². The number of amides is 4. The molecule has 0 spiro atoms. The van der Waals surface area contributed by atoms with Gasteiger partial charge >= 0.3 is 12.2 Å². The summed E-state index contributed by atoms with van der Waals surface area (Å²) in [5, 5.41) is 7.32. The number of nitrogens with one attached hydrogen (secondary N) is 4. The summed E-state index contributed by atoms with van der Waals surface area (Å²) in [7, 11) is 2.55. The van der Waals surface area contributed by atoms with E-state index < -0.39 is 24.3 Å². The van der Waals surface area contributed by atoms with E-state index in [1.807, 2.05) is 43.9 Å². The topological polar surface area (TPSA) is 184 Å². The van der Waals surface area contributed by atoms with Crippen LogP contribution in [0.4, 0.5) is 9.59 Å². The number of H-pyrrole nitrogens is 2. The van der Waals surface area contributed by atoms with Gasteiger partial charge in [0.15, 0.2) is 0 Å². The molecule has 2 aromatic heterocycles. The Morgan fingerprint density at radius 1 is 0.887 bits per heavy atom. The van der Waals surface area contributed by atoms with Crippen LogP contribution in [0.3, 0.4) is 0 Å². The molecule has 4 N–H and O–H groups in total. The number of aromatic amines is 2. The first-order valence-corrected chi connectivity index (χ1v) is 21.0. The van der Waals surface area contributed by atoms with E-state index in [1.54, 1.807) is 23.2 Å². The number of imidazole rings is 2. The Labute approximate surface area is 359 Å². The van der Waals surface area contributed by atoms with Gasteiger partial charge in [0.1, 0.15) is 36.1 Å². The van der Waals surface area contributed by atoms with E-state index in [0.29, 0.717) is 43.3 Å². The van der Waals surface area contributed by atoms with Crippen LogP contribution in [0.1, 0.15) is 75.8 Å². The molecule has 322 valence electrons. The van der Waals surface area contributed by atoms with Crippen molar-refractivity contribution >= 4 is 45.8 Å². The van der Waals surface area contributed by atoms with Crippen molar-refractivity contribution in [2.24, 2.45) is 5.92 Å². The molecule has 4 amide bonds. The highest BCUT2D eigenvalue weighted by Crippen LogP contribution is 2.43. The largest absolute Gasteiger partial charge is 0.488 e. The number of hydrogen-bond acceptors (Lipinski definition) is 9. The number of fused-ring (bicyclic) bond motifs is 6. The van der Waals surface area contributed by atoms with Crippen LogP contribution in [0, 0.1) is 5.92 Å². The Balaban J connectivity index is 1.02. The van der Waals surface area contributed by atoms with Crippen molar-refractivity contribution in [2.45, 2.75) is 77.2 Å². The average molecular weight is 841 g/mol. The molecular formula is C47H52N8O7. The number of alkyl carbamates (subject to hydrolysis) is 2. The molecule has 3 aliphatic heterocycles. The van der Waals surface area contributed by atoms with Crippen LogP contribution in [0.25, 0.3) is 44.2 Å². The Morgan fingerprint density at radius 3 is 2.34 bits per heavy atom. The van der Waals surface area contributed by atoms with Gasteiger partial charge in [0, 0.05) is 24.0 Å². The fourth-order valence-electron chi connectivity index (χ4n) is 8.83. The van der Waals surface area contributed by atoms with E-state index in [1.165, 1.54) is 14.2 Å². The van der Waals surface area contributed by atoms with Gasteiger partial charge in [-0.2, -0.15) is 0 Å². The van der Waals surface area contributed by atoms with Crippen LogP contribution in [0.5, 0.6) is 5.75 Å². The number of nitrogens with zero attached hydrogens (tertiary/aromatic N) is 4. The number of rotatable bonds is 11. The van der Waals surface area contributed by atoms with E-state index >= 15 is 0 Å². The first-order chi connectivity index (χ1) is 30.0. The van der Waals surface area contributed by atoms with Gasteiger partial charge in [0.05, 0.1) is 49.2 Å². The Kier molecular flexibility index (Phi) is 11.9. The van der Waals surface area contributed by atoms with Crippen LogP contribution in [-0.2, 0) is 25.7 Å². The Bertz CT molecular complexity index is 2620. The lowest BCUT2D eigenvalue weighted by Gasteiger charge is -2.29. The minimum atomic E-state index is -0.996. The molecule has 15 nitrogen and oxygen atoms in total. The molecule has 4 atom stereocenters. The number of carbonyl (C=O) groups is 4. The van der Waals surface area contributed by atoms with Crippen LogP contribution in [0.2, 0.25) is 0 Å². The van der Waals surface area contributed by atoms with Crippen molar-refractivity contribution < 1.29 is 33.4 Å². The summed E-state index contributed by atoms with van der Waals surface area (Å²) in [4.78, 5) is 72.4. The highest BCUT2D eigenvalue weighted by molar-refractivity contribution is 6.07. The summed E-state index contributed by atoms with van der Waals surface area (Å²) in [6, 6.07) is 12.3. The molecule has 62 heavy (non-hydrogen) atoms. The number of carbonyl (C=O) groups excluding carboxylic acids is 4. The predicted molar refractivity (Wildman–Crippen MR) is 235 cm³/mol. The molecule has 0 aliphatic carbocycles. The molecule has 0 bridgehead atoms. The maximum atomic E-state index is 14.0. The predicted octanol–water partition coefficient (Wildman–Crippen LogP) is 7.79. The van der Waals surface area contributed by atoms with Gasteiger partial charge in [-0.05, 0) is 90.4 Å². The van der Waals surface area contributed by atoms with Gasteiger partial charge in [0.2, 0.25) is 5.91 Å². The van der Waals surface area contributed by atoms with E-state index in [-0.39, 0.29) is 29.8 Å². The Hall–Kier alpha value is -6.90. The lowest BCUT2D eigenvalue weighted by molar-refractivity contribution is -0.135. The second-order valence-electron chi connectivity index (χ2n) is 16.3. The first kappa shape index (κ1) is 41.8. The number of hydrogen-bond donors (Lipinski definition) is 4. The van der Waals surface area contributed by atoms with Crippen LogP contribution in [-0.4, -0.2) is 93.1 Å². The number of ether oxygens (including phenoxy) is 3. The molecule has 8 rings (SSSR count). The SMILES string of the molecule is C=C(C=CC=CC)C(NC(=O)OC)C(=O)N1CCCC1c1ncc(-c2ccc3c(c2)COc2cc4c(ccc5[nH]c(C6CCCN6C(=O)C(NC(=O)OC)C(C)C)nc54)cc2-3)[nH]1. The second-order valence-corrected chi connectivity index (χ2v) is 16.3. The molecule has 5 aromatic rings. The van der Waals surface area contributed by atoms with Gasteiger partial charge in [0.25, 0.3) is 5.91 Å². The summed E-state index contributed by atoms with van der Waals surface area (Å²) < 4.78 is 16.0. The highest BCUT2D eigenvalue weighted by atomic mass is 16.5. The quantitative estimate of drug-likeness (QED) is 0.0965. The van der Waals surface area contributed by atoms with Crippen LogP contribution < -0.4 is 15.4 Å². The minimum Gasteiger partial charge on any atom is -0.488 e. The molecule has 3 aliphatic rings. The molecule has 0 radical (unpaired) electrons. The summed E-state index contributed by atoms with van der Waals surface area (Å²) in [6.45, 7) is 11.2. The van der Waals surface area contributed by atoms with E-state index in [0.717, 1.165) is 74.8 Å². The zero-order valence-electron chi connectivity index (χ0n) is 35.6. The van der Waals surface area contributed by atoms with Gasteiger partial charge in [-0.1, -0.05) is 62.9 Å². The monoisotopic (exact) mass is 840 g/mol. The van der Waals surface area contributed by atoms with Crippen molar-refractivity contribution in [1.29, 1.82) is 0 Å². The first-order valence-electron chi connectivity index (χ1n) is 21.0. The standard InChI is InChI=1S/C47H52N8O7/c1-7-8-9-12-27(4)40(53-47(59)61-6)45(57)54-19-10-13-36(54)42-48-24-35(50-42)29-15-17-31-30(21-29)25-62-38-23-32-28(22-33(31)38)16-18-34-41(32)51-43(49-34)37-14-11-20-55(37)44(56)39(26(2)3)52-46(58)60-5/h7-9,12,15-18,21-24,26,36-37,39-40H,4,10-11,13-14,19-20,25H2,1-3,5-6H3,(H,48,50)(H,49,51)(H,52,58)(H,53,59). The number of methoxy groups -OCH3 is 2. The van der Waals surface area contributed by atoms with Gasteiger partial charge in [-0.3, -0.25) is 9.59 Å². The van der Waals surface area contributed by atoms with Crippen molar-refractivity contribution in [2.75, 3.05) is 27.3 Å². The van der Waals surface area contributed by atoms with Crippen molar-refractivity contribution in [1.82, 2.24) is 40.4 Å². The smallest absolute Gasteiger partial charge is 0.407 e. The number of aromatic nitrogens is 4. The molecule has 15 heteroatoms. The maximum Gasteiger partial charge on any atom is 0.407 e. The Morgan fingerprint density at radius 2 is 1.61 bits per heavy atom. The zero-order valence-corrected chi connectivity index (χ0v) is 35.6. The van der Waals surface area contributed by atoms with Gasteiger partial charge < -0.3 is 44.6 Å². The second kappa shape index (κ2) is 17.6. The molecule has 4 unspecified atom stereocenters. The third-order valence-electron chi connectivity index (χ3n) is 12.0. The lowest BCUT2D eigenvalue weighted by Crippen LogP contribution is -2.51. The average Bonchev–Trinajstić information content (AvgIpc) is 4.12.